The number of sulfonamides is 1. The molecule has 1 saturated heterocycles. The Hall–Kier alpha value is -2.05. The number of aryl methyl sites for hydroxylation is 1. The molecule has 0 aromatic heterocycles. The van der Waals surface area contributed by atoms with Crippen molar-refractivity contribution in [2.24, 2.45) is 0 Å². The summed E-state index contributed by atoms with van der Waals surface area (Å²) in [6, 6.07) is 13.7. The smallest absolute Gasteiger partial charge is 0.261 e. The number of likely N-dealkylation sites (N-methyl/N-ethyl adjacent to an activating group) is 1. The summed E-state index contributed by atoms with van der Waals surface area (Å²) >= 11 is 0. The third-order valence-electron chi connectivity index (χ3n) is 5.80. The molecule has 0 radical (unpaired) electrons. The molecular weight excluding hydrogens is 370 g/mol. The molecule has 1 aliphatic carbocycles. The van der Waals surface area contributed by atoms with Crippen molar-refractivity contribution in [1.82, 2.24) is 5.32 Å². The number of hydrogen-bond acceptors (Lipinski definition) is 4. The summed E-state index contributed by atoms with van der Waals surface area (Å²) in [6.45, 7) is 5.21. The number of hydrogen-bond donors (Lipinski definition) is 2. The van der Waals surface area contributed by atoms with E-state index in [-0.39, 0.29) is 0 Å². The van der Waals surface area contributed by atoms with Crippen LogP contribution in [0, 0.1) is 0 Å². The van der Waals surface area contributed by atoms with E-state index in [4.69, 9.17) is 0 Å². The Kier molecular flexibility index (Phi) is 5.60. The van der Waals surface area contributed by atoms with Gasteiger partial charge < -0.3 is 10.2 Å². The first-order valence-electron chi connectivity index (χ1n) is 10.3. The van der Waals surface area contributed by atoms with Crippen LogP contribution in [0.5, 0.6) is 0 Å². The Bertz CT molecular complexity index is 919. The van der Waals surface area contributed by atoms with Gasteiger partial charge in [-0.05, 0) is 86.2 Å². The average molecular weight is 400 g/mol. The lowest BCUT2D eigenvalue weighted by atomic mass is 9.88. The number of benzene rings is 2. The Labute approximate surface area is 168 Å². The lowest BCUT2D eigenvalue weighted by molar-refractivity contribution is 0.471. The topological polar surface area (TPSA) is 61.4 Å². The van der Waals surface area contributed by atoms with Crippen molar-refractivity contribution in [1.29, 1.82) is 0 Å². The lowest BCUT2D eigenvalue weighted by Gasteiger charge is -2.25. The van der Waals surface area contributed by atoms with E-state index in [1.165, 1.54) is 24.0 Å². The molecule has 4 rings (SSSR count). The number of nitrogens with one attached hydrogen (secondary N) is 2. The van der Waals surface area contributed by atoms with Gasteiger partial charge in [-0.1, -0.05) is 13.0 Å². The van der Waals surface area contributed by atoms with Gasteiger partial charge in [0.05, 0.1) is 4.90 Å². The van der Waals surface area contributed by atoms with E-state index in [1.54, 1.807) is 12.1 Å². The third kappa shape index (κ3) is 4.18. The fraction of sp³-hybridized carbons (Fsp3) is 0.455. The Morgan fingerprint density at radius 1 is 1.04 bits per heavy atom. The summed E-state index contributed by atoms with van der Waals surface area (Å²) in [5.74, 6) is 0. The van der Waals surface area contributed by atoms with Crippen LogP contribution in [0.15, 0.2) is 47.4 Å². The zero-order chi connectivity index (χ0) is 19.6. The van der Waals surface area contributed by atoms with E-state index < -0.39 is 10.0 Å². The van der Waals surface area contributed by atoms with Crippen molar-refractivity contribution in [3.8, 4) is 0 Å². The molecule has 2 aromatic rings. The minimum absolute atomic E-state index is 0.306. The fourth-order valence-corrected chi connectivity index (χ4v) is 5.36. The fourth-order valence-electron chi connectivity index (χ4n) is 4.31. The first-order valence-corrected chi connectivity index (χ1v) is 11.8. The van der Waals surface area contributed by atoms with E-state index in [0.29, 0.717) is 16.6 Å². The highest BCUT2D eigenvalue weighted by molar-refractivity contribution is 7.92. The van der Waals surface area contributed by atoms with Crippen molar-refractivity contribution in [2.75, 3.05) is 29.3 Å². The van der Waals surface area contributed by atoms with Gasteiger partial charge in [-0.2, -0.15) is 0 Å². The van der Waals surface area contributed by atoms with Gasteiger partial charge in [0, 0.05) is 30.5 Å². The van der Waals surface area contributed by atoms with Gasteiger partial charge >= 0.3 is 0 Å². The molecular formula is C22H29N3O2S. The third-order valence-corrected chi connectivity index (χ3v) is 7.20. The minimum atomic E-state index is -3.58. The standard InChI is InChI=1S/C22H29N3O2S/c1-2-23-19-7-5-18-16-20(8-6-17(18)15-19)24-28(26,27)22-11-9-21(10-12-22)25-13-3-4-14-25/h6,8-12,16,19,23-24H,2-5,7,13-15H2,1H3/t19-/m0/s1. The summed E-state index contributed by atoms with van der Waals surface area (Å²) in [4.78, 5) is 2.61. The van der Waals surface area contributed by atoms with Gasteiger partial charge in [0.2, 0.25) is 0 Å². The van der Waals surface area contributed by atoms with Crippen molar-refractivity contribution in [3.05, 3.63) is 53.6 Å². The second kappa shape index (κ2) is 8.13. The molecule has 6 heteroatoms. The molecule has 1 heterocycles. The summed E-state index contributed by atoms with van der Waals surface area (Å²) in [5.41, 5.74) is 4.30. The maximum atomic E-state index is 12.8. The molecule has 2 N–H and O–H groups in total. The highest BCUT2D eigenvalue weighted by atomic mass is 32.2. The first-order chi connectivity index (χ1) is 13.5. The molecule has 2 aromatic carbocycles. The number of anilines is 2. The second-order valence-corrected chi connectivity index (χ2v) is 9.46. The molecule has 1 atom stereocenters. The predicted octanol–water partition coefficient (Wildman–Crippen LogP) is 3.55. The molecule has 1 fully saturated rings. The van der Waals surface area contributed by atoms with E-state index >= 15 is 0 Å². The zero-order valence-electron chi connectivity index (χ0n) is 16.4. The predicted molar refractivity (Wildman–Crippen MR) is 115 cm³/mol. The molecule has 2 aliphatic rings. The van der Waals surface area contributed by atoms with Crippen molar-refractivity contribution >= 4 is 21.4 Å². The zero-order valence-corrected chi connectivity index (χ0v) is 17.3. The molecule has 1 aliphatic heterocycles. The van der Waals surface area contributed by atoms with Gasteiger partial charge in [-0.25, -0.2) is 8.42 Å². The molecule has 0 bridgehead atoms. The number of rotatable bonds is 6. The van der Waals surface area contributed by atoms with Crippen LogP contribution in [0.25, 0.3) is 0 Å². The normalized spacial score (nSPS) is 19.5. The van der Waals surface area contributed by atoms with E-state index in [2.05, 4.69) is 27.9 Å². The van der Waals surface area contributed by atoms with Gasteiger partial charge in [-0.15, -0.1) is 0 Å². The van der Waals surface area contributed by atoms with Crippen LogP contribution in [0.3, 0.4) is 0 Å². The molecule has 0 amide bonds. The van der Waals surface area contributed by atoms with Gasteiger partial charge in [0.15, 0.2) is 0 Å². The highest BCUT2D eigenvalue weighted by Crippen LogP contribution is 2.27. The molecule has 0 saturated carbocycles. The largest absolute Gasteiger partial charge is 0.372 e. The maximum Gasteiger partial charge on any atom is 0.261 e. The maximum absolute atomic E-state index is 12.8. The van der Waals surface area contributed by atoms with Crippen LogP contribution in [-0.2, 0) is 22.9 Å². The number of nitrogens with zero attached hydrogens (tertiary/aromatic N) is 1. The second-order valence-electron chi connectivity index (χ2n) is 7.77. The van der Waals surface area contributed by atoms with Crippen LogP contribution < -0.4 is 14.9 Å². The van der Waals surface area contributed by atoms with Crippen molar-refractivity contribution in [3.63, 3.8) is 0 Å². The van der Waals surface area contributed by atoms with Crippen LogP contribution in [0.1, 0.15) is 37.3 Å². The SMILES string of the molecule is CCN[C@H]1CCc2cc(NS(=O)(=O)c3ccc(N4CCCC4)cc3)ccc2C1. The van der Waals surface area contributed by atoms with Gasteiger partial charge in [0.1, 0.15) is 0 Å². The van der Waals surface area contributed by atoms with Crippen LogP contribution >= 0.6 is 0 Å². The van der Waals surface area contributed by atoms with Gasteiger partial charge in [-0.3, -0.25) is 4.72 Å². The Balaban J connectivity index is 1.47. The lowest BCUT2D eigenvalue weighted by Crippen LogP contribution is -2.34. The van der Waals surface area contributed by atoms with E-state index in [0.717, 1.165) is 44.6 Å². The molecule has 0 unspecified atom stereocenters. The van der Waals surface area contributed by atoms with Crippen molar-refractivity contribution < 1.29 is 8.42 Å². The summed E-state index contributed by atoms with van der Waals surface area (Å²) < 4.78 is 28.4. The molecule has 28 heavy (non-hydrogen) atoms. The average Bonchev–Trinajstić information content (AvgIpc) is 3.23. The van der Waals surface area contributed by atoms with E-state index in [1.807, 2.05) is 24.3 Å². The van der Waals surface area contributed by atoms with Crippen LogP contribution in [0.2, 0.25) is 0 Å². The van der Waals surface area contributed by atoms with Crippen LogP contribution in [0.4, 0.5) is 11.4 Å². The van der Waals surface area contributed by atoms with Crippen molar-refractivity contribution in [2.45, 2.75) is 50.0 Å². The van der Waals surface area contributed by atoms with E-state index in [9.17, 15) is 8.42 Å². The summed E-state index contributed by atoms with van der Waals surface area (Å²) in [6.07, 6.45) is 5.49. The molecule has 150 valence electrons. The van der Waals surface area contributed by atoms with Gasteiger partial charge in [0.25, 0.3) is 10.0 Å². The summed E-state index contributed by atoms with van der Waals surface area (Å²) in [5, 5.41) is 3.51. The molecule has 5 nitrogen and oxygen atoms in total. The number of fused-ring (bicyclic) bond motifs is 1. The minimum Gasteiger partial charge on any atom is -0.372 e. The monoisotopic (exact) mass is 399 g/mol. The highest BCUT2D eigenvalue weighted by Gasteiger charge is 2.20. The Morgan fingerprint density at radius 2 is 1.79 bits per heavy atom. The van der Waals surface area contributed by atoms with Crippen LogP contribution in [-0.4, -0.2) is 34.1 Å². The summed E-state index contributed by atoms with van der Waals surface area (Å²) in [7, 11) is -3.58. The Morgan fingerprint density at radius 3 is 2.50 bits per heavy atom. The molecule has 0 spiro atoms. The first kappa shape index (κ1) is 19.3. The quantitative estimate of drug-likeness (QED) is 0.780.